The van der Waals surface area contributed by atoms with Crippen molar-refractivity contribution in [2.75, 3.05) is 0 Å². The number of hydrogen-bond acceptors (Lipinski definition) is 3. The molecule has 2 aromatic rings. The van der Waals surface area contributed by atoms with Gasteiger partial charge in [0, 0.05) is 12.0 Å². The molecule has 0 saturated carbocycles. The standard InChI is InChI=1S/C17H13F3N2O2/c18-17(19,20)16(24)22-14(11-6-2-1-3-7-11)10-13(21-22)12-8-4-5-9-15(12)23/h1-9,14,23H,10H2/t14-/m1/s1. The first-order chi connectivity index (χ1) is 11.4. The molecule has 3 rings (SSSR count). The molecule has 1 aliphatic heterocycles. The Kier molecular flexibility index (Phi) is 4.01. The van der Waals surface area contributed by atoms with Crippen LogP contribution in [-0.2, 0) is 4.79 Å². The molecule has 1 N–H and O–H groups in total. The van der Waals surface area contributed by atoms with Crippen LogP contribution in [0.4, 0.5) is 13.2 Å². The van der Waals surface area contributed by atoms with Crippen LogP contribution in [0.3, 0.4) is 0 Å². The zero-order chi connectivity index (χ0) is 17.3. The van der Waals surface area contributed by atoms with Crippen LogP contribution >= 0.6 is 0 Å². The van der Waals surface area contributed by atoms with Crippen LogP contribution in [0.15, 0.2) is 59.7 Å². The molecule has 0 radical (unpaired) electrons. The molecule has 2 aromatic carbocycles. The summed E-state index contributed by atoms with van der Waals surface area (Å²) in [5.41, 5.74) is 1.10. The molecule has 24 heavy (non-hydrogen) atoms. The first kappa shape index (κ1) is 16.0. The number of para-hydroxylation sites is 1. The second-order valence-electron chi connectivity index (χ2n) is 5.34. The van der Waals surface area contributed by atoms with Crippen LogP contribution in [0.1, 0.15) is 23.6 Å². The number of benzene rings is 2. The van der Waals surface area contributed by atoms with E-state index in [1.165, 1.54) is 6.07 Å². The highest BCUT2D eigenvalue weighted by Crippen LogP contribution is 2.37. The molecule has 0 saturated heterocycles. The highest BCUT2D eigenvalue weighted by atomic mass is 19.4. The molecule has 0 aromatic heterocycles. The summed E-state index contributed by atoms with van der Waals surface area (Å²) in [4.78, 5) is 11.7. The third-order valence-electron chi connectivity index (χ3n) is 3.76. The Morgan fingerprint density at radius 1 is 1.08 bits per heavy atom. The van der Waals surface area contributed by atoms with Gasteiger partial charge in [0.05, 0.1) is 11.8 Å². The van der Waals surface area contributed by atoms with E-state index in [0.29, 0.717) is 16.1 Å². The molecule has 0 unspecified atom stereocenters. The number of alkyl halides is 3. The number of hydrazone groups is 1. The Labute approximate surface area is 135 Å². The average molecular weight is 334 g/mol. The van der Waals surface area contributed by atoms with Gasteiger partial charge < -0.3 is 5.11 Å². The quantitative estimate of drug-likeness (QED) is 0.912. The summed E-state index contributed by atoms with van der Waals surface area (Å²) in [6, 6.07) is 13.7. The van der Waals surface area contributed by atoms with Crippen molar-refractivity contribution in [1.82, 2.24) is 5.01 Å². The SMILES string of the molecule is O=C(N1N=C(c2ccccc2O)C[C@@H]1c1ccccc1)C(F)(F)F. The van der Waals surface area contributed by atoms with Gasteiger partial charge in [-0.15, -0.1) is 0 Å². The van der Waals surface area contributed by atoms with Crippen LogP contribution in [-0.4, -0.2) is 27.9 Å². The molecule has 4 nitrogen and oxygen atoms in total. The summed E-state index contributed by atoms with van der Waals surface area (Å²) in [5, 5.41) is 14.2. The first-order valence-corrected chi connectivity index (χ1v) is 7.19. The van der Waals surface area contributed by atoms with Crippen molar-refractivity contribution >= 4 is 11.6 Å². The number of halogens is 3. The van der Waals surface area contributed by atoms with Crippen LogP contribution in [0.2, 0.25) is 0 Å². The van der Waals surface area contributed by atoms with E-state index in [2.05, 4.69) is 5.10 Å². The molecular weight excluding hydrogens is 321 g/mol. The number of phenols is 1. The smallest absolute Gasteiger partial charge is 0.473 e. The molecule has 7 heteroatoms. The molecular formula is C17H13F3N2O2. The van der Waals surface area contributed by atoms with E-state index in [1.54, 1.807) is 48.5 Å². The molecule has 1 aliphatic rings. The topological polar surface area (TPSA) is 52.9 Å². The number of phenolic OH excluding ortho intramolecular Hbond substituents is 1. The maximum atomic E-state index is 12.9. The monoisotopic (exact) mass is 334 g/mol. The van der Waals surface area contributed by atoms with Crippen LogP contribution in [0.5, 0.6) is 5.75 Å². The van der Waals surface area contributed by atoms with Gasteiger partial charge in [-0.3, -0.25) is 4.79 Å². The van der Waals surface area contributed by atoms with Gasteiger partial charge in [0.1, 0.15) is 5.75 Å². The number of carbonyl (C=O) groups is 1. The number of rotatable bonds is 2. The molecule has 1 amide bonds. The lowest BCUT2D eigenvalue weighted by Gasteiger charge is -2.22. The van der Waals surface area contributed by atoms with E-state index in [4.69, 9.17) is 0 Å². The van der Waals surface area contributed by atoms with Gasteiger partial charge in [-0.25, -0.2) is 5.01 Å². The summed E-state index contributed by atoms with van der Waals surface area (Å²) in [7, 11) is 0. The average Bonchev–Trinajstić information content (AvgIpc) is 2.99. The highest BCUT2D eigenvalue weighted by molar-refractivity contribution is 6.05. The van der Waals surface area contributed by atoms with E-state index in [0.717, 1.165) is 0 Å². The lowest BCUT2D eigenvalue weighted by atomic mass is 9.98. The predicted molar refractivity (Wildman–Crippen MR) is 81.3 cm³/mol. The van der Waals surface area contributed by atoms with Gasteiger partial charge in [-0.05, 0) is 17.7 Å². The van der Waals surface area contributed by atoms with Crippen molar-refractivity contribution in [1.29, 1.82) is 0 Å². The van der Waals surface area contributed by atoms with Crippen LogP contribution in [0.25, 0.3) is 0 Å². The van der Waals surface area contributed by atoms with Crippen molar-refractivity contribution < 1.29 is 23.1 Å². The zero-order valence-electron chi connectivity index (χ0n) is 12.4. The molecule has 0 bridgehead atoms. The molecule has 0 aliphatic carbocycles. The Hall–Kier alpha value is -2.83. The second kappa shape index (κ2) is 5.99. The van der Waals surface area contributed by atoms with Crippen molar-refractivity contribution in [3.05, 3.63) is 65.7 Å². The molecule has 124 valence electrons. The fraction of sp³-hybridized carbons (Fsp3) is 0.176. The number of carbonyl (C=O) groups excluding carboxylic acids is 1. The Morgan fingerprint density at radius 3 is 2.33 bits per heavy atom. The minimum atomic E-state index is -5.02. The van der Waals surface area contributed by atoms with Crippen molar-refractivity contribution in [2.24, 2.45) is 5.10 Å². The zero-order valence-corrected chi connectivity index (χ0v) is 12.4. The summed E-state index contributed by atoms with van der Waals surface area (Å²) in [6.07, 6.45) is -4.94. The minimum absolute atomic E-state index is 0.0867. The molecule has 1 heterocycles. The van der Waals surface area contributed by atoms with E-state index in [-0.39, 0.29) is 17.9 Å². The van der Waals surface area contributed by atoms with Crippen molar-refractivity contribution in [3.8, 4) is 5.75 Å². The Bertz CT molecular complexity index is 788. The maximum Gasteiger partial charge on any atom is 0.473 e. The summed E-state index contributed by atoms with van der Waals surface area (Å²) >= 11 is 0. The van der Waals surface area contributed by atoms with Crippen molar-refractivity contribution in [3.63, 3.8) is 0 Å². The van der Waals surface area contributed by atoms with Crippen LogP contribution in [0, 0.1) is 0 Å². The summed E-state index contributed by atoms with van der Waals surface area (Å²) in [5.74, 6) is -2.12. The van der Waals surface area contributed by atoms with Gasteiger partial charge in [0.2, 0.25) is 0 Å². The van der Waals surface area contributed by atoms with E-state index >= 15 is 0 Å². The minimum Gasteiger partial charge on any atom is -0.507 e. The number of amides is 1. The number of aromatic hydroxyl groups is 1. The molecule has 0 fully saturated rings. The van der Waals surface area contributed by atoms with Gasteiger partial charge in [-0.2, -0.15) is 18.3 Å². The second-order valence-corrected chi connectivity index (χ2v) is 5.34. The lowest BCUT2D eigenvalue weighted by molar-refractivity contribution is -0.187. The number of nitrogens with zero attached hydrogens (tertiary/aromatic N) is 2. The van der Waals surface area contributed by atoms with Crippen LogP contribution < -0.4 is 0 Å². The van der Waals surface area contributed by atoms with E-state index < -0.39 is 18.1 Å². The van der Waals surface area contributed by atoms with Gasteiger partial charge >= 0.3 is 12.1 Å². The largest absolute Gasteiger partial charge is 0.507 e. The van der Waals surface area contributed by atoms with E-state index in [9.17, 15) is 23.1 Å². The lowest BCUT2D eigenvalue weighted by Crippen LogP contribution is -2.38. The van der Waals surface area contributed by atoms with Gasteiger partial charge in [-0.1, -0.05) is 42.5 Å². The fourth-order valence-electron chi connectivity index (χ4n) is 2.64. The number of hydrogen-bond donors (Lipinski definition) is 1. The van der Waals surface area contributed by atoms with E-state index in [1.807, 2.05) is 0 Å². The summed E-state index contributed by atoms with van der Waals surface area (Å²) in [6.45, 7) is 0. The maximum absolute atomic E-state index is 12.9. The third kappa shape index (κ3) is 2.97. The molecule has 1 atom stereocenters. The predicted octanol–water partition coefficient (Wildman–Crippen LogP) is 3.63. The van der Waals surface area contributed by atoms with Crippen molar-refractivity contribution in [2.45, 2.75) is 18.6 Å². The Balaban J connectivity index is 2.02. The Morgan fingerprint density at radius 2 is 1.71 bits per heavy atom. The highest BCUT2D eigenvalue weighted by Gasteiger charge is 2.47. The third-order valence-corrected chi connectivity index (χ3v) is 3.76. The molecule has 0 spiro atoms. The normalized spacial score (nSPS) is 17.7. The van der Waals surface area contributed by atoms with Gasteiger partial charge in [0.25, 0.3) is 0 Å². The first-order valence-electron chi connectivity index (χ1n) is 7.19. The van der Waals surface area contributed by atoms with Gasteiger partial charge in [0.15, 0.2) is 0 Å². The fourth-order valence-corrected chi connectivity index (χ4v) is 2.64. The summed E-state index contributed by atoms with van der Waals surface area (Å²) < 4.78 is 38.7.